The summed E-state index contributed by atoms with van der Waals surface area (Å²) in [6.45, 7) is 13.9. The number of fused-ring (bicyclic) bond motifs is 1. The van der Waals surface area contributed by atoms with Gasteiger partial charge in [0.15, 0.2) is 0 Å². The molecule has 0 saturated carbocycles. The Morgan fingerprint density at radius 1 is 1.39 bits per heavy atom. The molecule has 7 nitrogen and oxygen atoms in total. The second-order valence-electron chi connectivity index (χ2n) is 7.41. The number of benzene rings is 1. The van der Waals surface area contributed by atoms with Gasteiger partial charge in [-0.25, -0.2) is 4.99 Å². The van der Waals surface area contributed by atoms with Crippen LogP contribution in [0.25, 0.3) is 16.6 Å². The number of aromatic amines is 1. The highest BCUT2D eigenvalue weighted by molar-refractivity contribution is 5.92. The van der Waals surface area contributed by atoms with E-state index in [9.17, 15) is 0 Å². The van der Waals surface area contributed by atoms with Crippen LogP contribution in [0.1, 0.15) is 33.4 Å². The van der Waals surface area contributed by atoms with Crippen LogP contribution in [0.4, 0.5) is 0 Å². The molecule has 150 valence electrons. The van der Waals surface area contributed by atoms with Crippen LogP contribution in [0.15, 0.2) is 41.5 Å². The highest BCUT2D eigenvalue weighted by Crippen LogP contribution is 2.29. The van der Waals surface area contributed by atoms with Gasteiger partial charge < -0.3 is 20.1 Å². The third-order valence-corrected chi connectivity index (χ3v) is 4.49. The number of rotatable bonds is 6. The maximum Gasteiger partial charge on any atom is 0.120 e. The largest absolute Gasteiger partial charge is 0.491 e. The first-order valence-corrected chi connectivity index (χ1v) is 9.57. The number of nitrogens with zero attached hydrogens (tertiary/aromatic N) is 3. The first-order valence-electron chi connectivity index (χ1n) is 9.57. The molecule has 1 fully saturated rings. The Morgan fingerprint density at radius 2 is 2.11 bits per heavy atom. The Bertz CT molecular complexity index is 889. The van der Waals surface area contributed by atoms with E-state index in [2.05, 4.69) is 40.5 Å². The average molecular weight is 383 g/mol. The smallest absolute Gasteiger partial charge is 0.120 e. The first kappa shape index (κ1) is 19.9. The molecule has 1 aromatic heterocycles. The van der Waals surface area contributed by atoms with Crippen molar-refractivity contribution in [2.75, 3.05) is 13.1 Å². The maximum atomic E-state index is 5.82. The van der Waals surface area contributed by atoms with Crippen LogP contribution in [0, 0.1) is 0 Å². The van der Waals surface area contributed by atoms with Crippen LogP contribution < -0.4 is 10.5 Å². The van der Waals surface area contributed by atoms with E-state index in [4.69, 9.17) is 15.2 Å². The van der Waals surface area contributed by atoms with E-state index in [1.165, 1.54) is 6.34 Å². The van der Waals surface area contributed by atoms with E-state index >= 15 is 0 Å². The quantitative estimate of drug-likeness (QED) is 0.454. The van der Waals surface area contributed by atoms with Gasteiger partial charge in [-0.15, -0.1) is 0 Å². The maximum absolute atomic E-state index is 5.82. The van der Waals surface area contributed by atoms with Crippen LogP contribution in [0.5, 0.6) is 5.75 Å². The molecule has 2 aromatic rings. The van der Waals surface area contributed by atoms with Crippen molar-refractivity contribution in [3.63, 3.8) is 0 Å². The second-order valence-corrected chi connectivity index (χ2v) is 7.41. The minimum absolute atomic E-state index is 0.0925. The van der Waals surface area contributed by atoms with Gasteiger partial charge in [-0.1, -0.05) is 6.58 Å². The fourth-order valence-corrected chi connectivity index (χ4v) is 3.44. The molecule has 0 aliphatic carbocycles. The Labute approximate surface area is 165 Å². The molecule has 0 unspecified atom stereocenters. The lowest BCUT2D eigenvalue weighted by atomic mass is 10.1. The minimum atomic E-state index is 0.0925. The summed E-state index contributed by atoms with van der Waals surface area (Å²) in [5.41, 5.74) is 8.73. The van der Waals surface area contributed by atoms with Crippen molar-refractivity contribution in [3.05, 3.63) is 42.2 Å². The normalized spacial score (nSPS) is 21.0. The van der Waals surface area contributed by atoms with Gasteiger partial charge in [0, 0.05) is 24.2 Å². The van der Waals surface area contributed by atoms with Crippen LogP contribution >= 0.6 is 0 Å². The minimum Gasteiger partial charge on any atom is -0.491 e. The van der Waals surface area contributed by atoms with E-state index in [0.29, 0.717) is 11.4 Å². The molecule has 0 spiro atoms. The summed E-state index contributed by atoms with van der Waals surface area (Å²) in [7, 11) is 0. The lowest BCUT2D eigenvalue weighted by Crippen LogP contribution is -2.44. The summed E-state index contributed by atoms with van der Waals surface area (Å²) in [6, 6.07) is 5.85. The Hall–Kier alpha value is -2.80. The highest BCUT2D eigenvalue weighted by atomic mass is 16.5. The van der Waals surface area contributed by atoms with Gasteiger partial charge in [0.05, 0.1) is 35.9 Å². The van der Waals surface area contributed by atoms with Crippen molar-refractivity contribution >= 4 is 22.9 Å². The van der Waals surface area contributed by atoms with Crippen molar-refractivity contribution in [1.29, 1.82) is 0 Å². The number of morpholine rings is 1. The summed E-state index contributed by atoms with van der Waals surface area (Å²) < 4.78 is 11.6. The number of aromatic nitrogens is 2. The summed E-state index contributed by atoms with van der Waals surface area (Å²) >= 11 is 0. The van der Waals surface area contributed by atoms with E-state index < -0.39 is 0 Å². The highest BCUT2D eigenvalue weighted by Gasteiger charge is 2.23. The molecular weight excluding hydrogens is 354 g/mol. The number of H-pyrrole nitrogens is 1. The second kappa shape index (κ2) is 8.48. The van der Waals surface area contributed by atoms with Gasteiger partial charge in [-0.05, 0) is 52.0 Å². The van der Waals surface area contributed by atoms with Gasteiger partial charge in [0.25, 0.3) is 0 Å². The Morgan fingerprint density at radius 3 is 2.75 bits per heavy atom. The zero-order valence-corrected chi connectivity index (χ0v) is 17.0. The van der Waals surface area contributed by atoms with Crippen molar-refractivity contribution in [3.8, 4) is 5.75 Å². The van der Waals surface area contributed by atoms with E-state index in [1.807, 2.05) is 38.1 Å². The number of aliphatic imine (C=N–C) groups is 1. The molecule has 1 aromatic carbocycles. The molecule has 0 amide bonds. The number of nitrogens with two attached hydrogens (primary N) is 1. The van der Waals surface area contributed by atoms with Crippen LogP contribution in [0.2, 0.25) is 0 Å². The van der Waals surface area contributed by atoms with Gasteiger partial charge in [0.2, 0.25) is 0 Å². The molecular formula is C21H29N5O2. The van der Waals surface area contributed by atoms with Crippen LogP contribution in [-0.2, 0) is 4.74 Å². The van der Waals surface area contributed by atoms with E-state index in [0.717, 1.165) is 35.4 Å². The molecule has 2 heterocycles. The number of hydrogen-bond donors (Lipinski definition) is 2. The topological polar surface area (TPSA) is 88.8 Å². The zero-order valence-electron chi connectivity index (χ0n) is 17.0. The molecule has 1 aliphatic heterocycles. The molecule has 1 aliphatic rings. The molecule has 3 N–H and O–H groups in total. The standard InChI is InChI=1S/C21H29N5O2/c1-13(2)27-17-6-7-19-18(9-17)21(25-24-19)20(23-12-22)8-14(3)26-10-15(4)28-16(5)11-26/h6-9,12-13,15-16H,3,10-11H2,1-2,4-5H3,(H2,22,23)(H,24,25)/b20-8-/t15-,16+. The van der Waals surface area contributed by atoms with E-state index in [-0.39, 0.29) is 18.3 Å². The van der Waals surface area contributed by atoms with E-state index in [1.54, 1.807) is 0 Å². The third-order valence-electron chi connectivity index (χ3n) is 4.49. The first-order chi connectivity index (χ1) is 13.4. The molecule has 7 heteroatoms. The number of ether oxygens (including phenoxy) is 2. The monoisotopic (exact) mass is 383 g/mol. The fraction of sp³-hybridized carbons (Fsp3) is 0.429. The molecule has 1 saturated heterocycles. The SMILES string of the molecule is C=C(/C=C(\N=C/N)c1n[nH]c2ccc(OC(C)C)cc12)N1C[C@@H](C)O[C@@H](C)C1. The lowest BCUT2D eigenvalue weighted by Gasteiger charge is -2.37. The summed E-state index contributed by atoms with van der Waals surface area (Å²) in [5.74, 6) is 0.788. The van der Waals surface area contributed by atoms with Crippen molar-refractivity contribution in [1.82, 2.24) is 15.1 Å². The van der Waals surface area contributed by atoms with Gasteiger partial charge in [-0.3, -0.25) is 5.10 Å². The van der Waals surface area contributed by atoms with Crippen LogP contribution in [0.3, 0.4) is 0 Å². The van der Waals surface area contributed by atoms with Gasteiger partial charge in [0.1, 0.15) is 11.4 Å². The number of allylic oxidation sites excluding steroid dienone is 1. The zero-order chi connectivity index (χ0) is 20.3. The predicted molar refractivity (Wildman–Crippen MR) is 113 cm³/mol. The number of nitrogens with one attached hydrogen (secondary N) is 1. The predicted octanol–water partition coefficient (Wildman–Crippen LogP) is 3.30. The Kier molecular flexibility index (Phi) is 6.04. The molecule has 28 heavy (non-hydrogen) atoms. The van der Waals surface area contributed by atoms with Crippen molar-refractivity contribution < 1.29 is 9.47 Å². The van der Waals surface area contributed by atoms with Gasteiger partial charge in [-0.2, -0.15) is 5.10 Å². The molecule has 0 bridgehead atoms. The summed E-state index contributed by atoms with van der Waals surface area (Å²) in [6.07, 6.45) is 3.59. The molecule has 2 atom stereocenters. The molecule has 3 rings (SSSR count). The fourth-order valence-electron chi connectivity index (χ4n) is 3.44. The van der Waals surface area contributed by atoms with Gasteiger partial charge >= 0.3 is 0 Å². The van der Waals surface area contributed by atoms with Crippen LogP contribution in [-0.4, -0.2) is 52.8 Å². The van der Waals surface area contributed by atoms with Crippen molar-refractivity contribution in [2.45, 2.75) is 46.0 Å². The third kappa shape index (κ3) is 4.54. The lowest BCUT2D eigenvalue weighted by molar-refractivity contribution is -0.0565. The molecule has 0 radical (unpaired) electrons. The summed E-state index contributed by atoms with van der Waals surface area (Å²) in [4.78, 5) is 6.55. The van der Waals surface area contributed by atoms with Crippen molar-refractivity contribution in [2.24, 2.45) is 10.7 Å². The summed E-state index contributed by atoms with van der Waals surface area (Å²) in [5, 5.41) is 8.43. The number of hydrogen-bond acceptors (Lipinski definition) is 5. The average Bonchev–Trinajstić information content (AvgIpc) is 3.03. The Balaban J connectivity index is 1.95.